The molecule has 170 valence electrons. The van der Waals surface area contributed by atoms with Gasteiger partial charge in [0.05, 0.1) is 35.7 Å². The molecule has 4 heterocycles. The van der Waals surface area contributed by atoms with Crippen LogP contribution in [0.4, 0.5) is 11.4 Å². The van der Waals surface area contributed by atoms with E-state index in [4.69, 9.17) is 0 Å². The number of nitriles is 1. The number of aromatic nitrogens is 3. The molecule has 33 heavy (non-hydrogen) atoms. The lowest BCUT2D eigenvalue weighted by Crippen LogP contribution is -2.56. The average molecular weight is 443 g/mol. The Hall–Kier alpha value is -3.28. The van der Waals surface area contributed by atoms with Crippen LogP contribution in [0.3, 0.4) is 0 Å². The third-order valence-corrected chi connectivity index (χ3v) is 6.81. The Morgan fingerprint density at radius 2 is 1.73 bits per heavy atom. The van der Waals surface area contributed by atoms with E-state index >= 15 is 0 Å². The van der Waals surface area contributed by atoms with Crippen LogP contribution in [-0.2, 0) is 6.54 Å². The van der Waals surface area contributed by atoms with Gasteiger partial charge >= 0.3 is 0 Å². The molecule has 0 aliphatic carbocycles. The van der Waals surface area contributed by atoms with Crippen molar-refractivity contribution in [1.82, 2.24) is 25.2 Å². The highest BCUT2D eigenvalue weighted by molar-refractivity contribution is 5.95. The van der Waals surface area contributed by atoms with Gasteiger partial charge in [0.15, 0.2) is 0 Å². The molecular formula is C25H30N8. The summed E-state index contributed by atoms with van der Waals surface area (Å²) >= 11 is 0. The predicted molar refractivity (Wildman–Crippen MR) is 130 cm³/mol. The van der Waals surface area contributed by atoms with E-state index in [1.807, 2.05) is 24.5 Å². The summed E-state index contributed by atoms with van der Waals surface area (Å²) in [5.74, 6) is 0.869. The van der Waals surface area contributed by atoms with E-state index in [1.165, 1.54) is 0 Å². The Morgan fingerprint density at radius 1 is 1.00 bits per heavy atom. The molecule has 0 amide bonds. The second-order valence-electron chi connectivity index (χ2n) is 9.01. The zero-order chi connectivity index (χ0) is 22.8. The minimum atomic E-state index is 0.340. The van der Waals surface area contributed by atoms with E-state index < -0.39 is 0 Å². The van der Waals surface area contributed by atoms with Crippen LogP contribution in [0.2, 0.25) is 0 Å². The Labute approximate surface area is 194 Å². The summed E-state index contributed by atoms with van der Waals surface area (Å²) in [6, 6.07) is 10.9. The Balaban J connectivity index is 1.30. The number of hydrogen-bond acceptors (Lipinski definition) is 8. The van der Waals surface area contributed by atoms with Gasteiger partial charge in [-0.1, -0.05) is 0 Å². The topological polar surface area (TPSA) is 84.2 Å². The van der Waals surface area contributed by atoms with Gasteiger partial charge in [-0.25, -0.2) is 9.97 Å². The second-order valence-corrected chi connectivity index (χ2v) is 9.01. The largest absolute Gasteiger partial charge is 0.368 e. The monoisotopic (exact) mass is 442 g/mol. The summed E-state index contributed by atoms with van der Waals surface area (Å²) in [5.41, 5.74) is 3.65. The smallest absolute Gasteiger partial charge is 0.142 e. The highest BCUT2D eigenvalue weighted by Gasteiger charge is 2.31. The third kappa shape index (κ3) is 4.34. The average Bonchev–Trinajstić information content (AvgIpc) is 2.86. The van der Waals surface area contributed by atoms with Crippen LogP contribution >= 0.6 is 0 Å². The van der Waals surface area contributed by atoms with Gasteiger partial charge < -0.3 is 15.1 Å². The van der Waals surface area contributed by atoms with Gasteiger partial charge in [-0.15, -0.1) is 0 Å². The van der Waals surface area contributed by atoms with Crippen LogP contribution in [-0.4, -0.2) is 71.2 Å². The van der Waals surface area contributed by atoms with Crippen molar-refractivity contribution in [2.75, 3.05) is 49.1 Å². The van der Waals surface area contributed by atoms with Gasteiger partial charge in [-0.05, 0) is 38.1 Å². The van der Waals surface area contributed by atoms with Crippen molar-refractivity contribution >= 4 is 22.3 Å². The number of pyridine rings is 1. The molecule has 2 unspecified atom stereocenters. The van der Waals surface area contributed by atoms with Crippen molar-refractivity contribution in [2.24, 2.45) is 0 Å². The van der Waals surface area contributed by atoms with Crippen molar-refractivity contribution in [3.8, 4) is 6.07 Å². The molecule has 2 fully saturated rings. The highest BCUT2D eigenvalue weighted by atomic mass is 15.3. The Morgan fingerprint density at radius 3 is 2.42 bits per heavy atom. The lowest BCUT2D eigenvalue weighted by molar-refractivity contribution is 0.120. The maximum atomic E-state index is 9.46. The molecule has 3 aromatic rings. The number of anilines is 2. The van der Waals surface area contributed by atoms with Crippen LogP contribution in [0, 0.1) is 11.3 Å². The number of nitrogens with zero attached hydrogens (tertiary/aromatic N) is 7. The van der Waals surface area contributed by atoms with E-state index in [0.29, 0.717) is 17.6 Å². The van der Waals surface area contributed by atoms with E-state index in [9.17, 15) is 5.26 Å². The molecule has 5 rings (SSSR count). The third-order valence-electron chi connectivity index (χ3n) is 6.81. The number of fused-ring (bicyclic) bond motifs is 1. The lowest BCUT2D eigenvalue weighted by atomic mass is 10.0. The molecule has 2 aromatic heterocycles. The van der Waals surface area contributed by atoms with Gasteiger partial charge in [-0.2, -0.15) is 5.26 Å². The zero-order valence-corrected chi connectivity index (χ0v) is 19.3. The maximum absolute atomic E-state index is 9.46. The molecule has 8 heteroatoms. The molecule has 0 radical (unpaired) electrons. The first-order valence-electron chi connectivity index (χ1n) is 11.7. The minimum Gasteiger partial charge on any atom is -0.368 e. The van der Waals surface area contributed by atoms with Crippen molar-refractivity contribution in [3.63, 3.8) is 0 Å². The number of rotatable bonds is 4. The molecular weight excluding hydrogens is 412 g/mol. The van der Waals surface area contributed by atoms with E-state index in [-0.39, 0.29) is 0 Å². The van der Waals surface area contributed by atoms with Crippen LogP contribution in [0.5, 0.6) is 0 Å². The second kappa shape index (κ2) is 9.30. The SMILES string of the molecule is CC1CN(c2ccc(C#N)c3ncccc23)CC(C)N1Cc1ncc(N2CCNCC2)cn1. The summed E-state index contributed by atoms with van der Waals surface area (Å²) < 4.78 is 0. The first kappa shape index (κ1) is 21.6. The van der Waals surface area contributed by atoms with Crippen molar-refractivity contribution in [1.29, 1.82) is 5.26 Å². The minimum absolute atomic E-state index is 0.340. The van der Waals surface area contributed by atoms with Gasteiger partial charge in [0, 0.05) is 68.6 Å². The van der Waals surface area contributed by atoms with Crippen LogP contribution in [0.1, 0.15) is 25.2 Å². The summed E-state index contributed by atoms with van der Waals surface area (Å²) in [4.78, 5) is 21.1. The van der Waals surface area contributed by atoms with Gasteiger partial charge in [-0.3, -0.25) is 9.88 Å². The molecule has 1 aromatic carbocycles. The van der Waals surface area contributed by atoms with Crippen molar-refractivity contribution in [3.05, 3.63) is 54.2 Å². The fourth-order valence-corrected chi connectivity index (χ4v) is 5.07. The van der Waals surface area contributed by atoms with Crippen molar-refractivity contribution < 1.29 is 0 Å². The normalized spacial score (nSPS) is 21.8. The molecule has 2 aliphatic rings. The maximum Gasteiger partial charge on any atom is 0.142 e. The molecule has 1 N–H and O–H groups in total. The van der Waals surface area contributed by atoms with E-state index in [0.717, 1.165) is 73.9 Å². The Kier molecular flexibility index (Phi) is 6.07. The van der Waals surface area contributed by atoms with Crippen LogP contribution in [0.25, 0.3) is 10.9 Å². The van der Waals surface area contributed by atoms with E-state index in [1.54, 1.807) is 6.20 Å². The molecule has 2 atom stereocenters. The summed E-state index contributed by atoms with van der Waals surface area (Å²) in [5, 5.41) is 13.9. The molecule has 0 saturated carbocycles. The number of hydrogen-bond donors (Lipinski definition) is 1. The predicted octanol–water partition coefficient (Wildman–Crippen LogP) is 2.41. The van der Waals surface area contributed by atoms with Crippen LogP contribution in [0.15, 0.2) is 42.9 Å². The zero-order valence-electron chi connectivity index (χ0n) is 19.3. The van der Waals surface area contributed by atoms with Crippen LogP contribution < -0.4 is 15.1 Å². The molecule has 2 saturated heterocycles. The number of piperazine rings is 2. The van der Waals surface area contributed by atoms with Gasteiger partial charge in [0.1, 0.15) is 11.9 Å². The number of benzene rings is 1. The standard InChI is InChI=1S/C25H30N8/c1-18-15-32(23-6-5-20(12-26)25-22(23)4-3-7-28-25)16-19(2)33(18)17-24-29-13-21(14-30-24)31-10-8-27-9-11-31/h3-7,13-14,18-19,27H,8-11,15-17H2,1-2H3. The first-order chi connectivity index (χ1) is 16.1. The first-order valence-corrected chi connectivity index (χ1v) is 11.7. The summed E-state index contributed by atoms with van der Waals surface area (Å²) in [6.07, 6.45) is 5.69. The van der Waals surface area contributed by atoms with Crippen molar-refractivity contribution in [2.45, 2.75) is 32.5 Å². The Bertz CT molecular complexity index is 1140. The molecule has 0 spiro atoms. The van der Waals surface area contributed by atoms with Gasteiger partial charge in [0.25, 0.3) is 0 Å². The molecule has 8 nitrogen and oxygen atoms in total. The van der Waals surface area contributed by atoms with Gasteiger partial charge in [0.2, 0.25) is 0 Å². The molecule has 0 bridgehead atoms. The summed E-state index contributed by atoms with van der Waals surface area (Å²) in [6.45, 7) is 11.1. The summed E-state index contributed by atoms with van der Waals surface area (Å²) in [7, 11) is 0. The fraction of sp³-hybridized carbons (Fsp3) is 0.440. The fourth-order valence-electron chi connectivity index (χ4n) is 5.07. The lowest BCUT2D eigenvalue weighted by Gasteiger charge is -2.45. The quantitative estimate of drug-likeness (QED) is 0.660. The molecule has 2 aliphatic heterocycles. The van der Waals surface area contributed by atoms with E-state index in [2.05, 4.69) is 67.0 Å². The number of nitrogens with one attached hydrogen (secondary N) is 1. The highest BCUT2D eigenvalue weighted by Crippen LogP contribution is 2.31.